The zero-order valence-electron chi connectivity index (χ0n) is 11.7. The van der Waals surface area contributed by atoms with Gasteiger partial charge in [-0.3, -0.25) is 9.59 Å². The maximum Gasteiger partial charge on any atom is 0.227 e. The van der Waals surface area contributed by atoms with E-state index in [9.17, 15) is 9.59 Å². The molecule has 5 nitrogen and oxygen atoms in total. The van der Waals surface area contributed by atoms with Crippen molar-refractivity contribution in [3.8, 4) is 0 Å². The zero-order valence-corrected chi connectivity index (χ0v) is 12.5. The van der Waals surface area contributed by atoms with Crippen LogP contribution in [0.1, 0.15) is 19.3 Å². The summed E-state index contributed by atoms with van der Waals surface area (Å²) in [5.41, 5.74) is 0. The molecule has 0 spiro atoms. The van der Waals surface area contributed by atoms with Crippen molar-refractivity contribution in [2.75, 3.05) is 40.3 Å². The highest BCUT2D eigenvalue weighted by Gasteiger charge is 2.35. The van der Waals surface area contributed by atoms with Gasteiger partial charge in [-0.2, -0.15) is 0 Å². The second kappa shape index (κ2) is 7.10. The molecule has 0 radical (unpaired) electrons. The van der Waals surface area contributed by atoms with Crippen LogP contribution in [0, 0.1) is 11.8 Å². The normalized spacial score (nSPS) is 24.5. The number of rotatable bonds is 3. The Morgan fingerprint density at radius 2 is 2.00 bits per heavy atom. The van der Waals surface area contributed by atoms with Crippen LogP contribution in [0.4, 0.5) is 0 Å². The molecule has 0 aliphatic carbocycles. The fourth-order valence-corrected chi connectivity index (χ4v) is 2.93. The van der Waals surface area contributed by atoms with Gasteiger partial charge in [-0.15, -0.1) is 12.4 Å². The number of carbonyl (C=O) groups is 2. The molecular formula is C13H24ClN3O2. The molecule has 2 rings (SSSR count). The first kappa shape index (κ1) is 16.2. The average Bonchev–Trinajstić information content (AvgIpc) is 2.70. The molecule has 2 saturated heterocycles. The van der Waals surface area contributed by atoms with Crippen molar-refractivity contribution >= 4 is 24.2 Å². The van der Waals surface area contributed by atoms with Gasteiger partial charge in [0.25, 0.3) is 0 Å². The molecule has 1 unspecified atom stereocenters. The van der Waals surface area contributed by atoms with Gasteiger partial charge in [-0.05, 0) is 32.4 Å². The van der Waals surface area contributed by atoms with E-state index in [1.807, 2.05) is 11.9 Å². The molecule has 0 bridgehead atoms. The predicted molar refractivity (Wildman–Crippen MR) is 76.2 cm³/mol. The lowest BCUT2D eigenvalue weighted by Gasteiger charge is -2.33. The lowest BCUT2D eigenvalue weighted by Crippen LogP contribution is -2.43. The van der Waals surface area contributed by atoms with E-state index >= 15 is 0 Å². The lowest BCUT2D eigenvalue weighted by molar-refractivity contribution is -0.137. The number of carbonyl (C=O) groups excluding carboxylic acids is 2. The number of amides is 2. The Bertz CT molecular complexity index is 330. The Hall–Kier alpha value is -0.810. The van der Waals surface area contributed by atoms with Crippen molar-refractivity contribution in [2.45, 2.75) is 19.3 Å². The van der Waals surface area contributed by atoms with Crippen LogP contribution in [0.3, 0.4) is 0 Å². The Morgan fingerprint density at radius 3 is 2.47 bits per heavy atom. The fourth-order valence-electron chi connectivity index (χ4n) is 2.93. The summed E-state index contributed by atoms with van der Waals surface area (Å²) in [5.74, 6) is 0.851. The van der Waals surface area contributed by atoms with Crippen LogP contribution in [0.25, 0.3) is 0 Å². The summed E-state index contributed by atoms with van der Waals surface area (Å²) in [7, 11) is 3.74. The zero-order chi connectivity index (χ0) is 13.1. The summed E-state index contributed by atoms with van der Waals surface area (Å²) in [5, 5.41) is 3.19. The van der Waals surface area contributed by atoms with Gasteiger partial charge in [0.15, 0.2) is 0 Å². The number of nitrogens with zero attached hydrogens (tertiary/aromatic N) is 2. The molecule has 0 aromatic carbocycles. The van der Waals surface area contributed by atoms with Gasteiger partial charge in [-0.25, -0.2) is 0 Å². The SMILES string of the molecule is CNCC1CCN(C(=O)C2CC(=O)N(C)C2)CC1.Cl. The molecule has 0 saturated carbocycles. The molecule has 0 aromatic heterocycles. The largest absolute Gasteiger partial charge is 0.345 e. The summed E-state index contributed by atoms with van der Waals surface area (Å²) in [6.07, 6.45) is 2.54. The number of likely N-dealkylation sites (tertiary alicyclic amines) is 2. The van der Waals surface area contributed by atoms with Crippen LogP contribution < -0.4 is 5.32 Å². The third kappa shape index (κ3) is 3.83. The Morgan fingerprint density at radius 1 is 1.37 bits per heavy atom. The van der Waals surface area contributed by atoms with E-state index in [-0.39, 0.29) is 30.1 Å². The summed E-state index contributed by atoms with van der Waals surface area (Å²) in [6, 6.07) is 0. The second-order valence-corrected chi connectivity index (χ2v) is 5.50. The molecular weight excluding hydrogens is 266 g/mol. The van der Waals surface area contributed by atoms with Gasteiger partial charge in [0.2, 0.25) is 11.8 Å². The lowest BCUT2D eigenvalue weighted by atomic mass is 9.95. The Labute approximate surface area is 121 Å². The van der Waals surface area contributed by atoms with Crippen LogP contribution in [0.5, 0.6) is 0 Å². The van der Waals surface area contributed by atoms with Crippen molar-refractivity contribution < 1.29 is 9.59 Å². The smallest absolute Gasteiger partial charge is 0.227 e. The molecule has 110 valence electrons. The molecule has 1 N–H and O–H groups in total. The topological polar surface area (TPSA) is 52.7 Å². The second-order valence-electron chi connectivity index (χ2n) is 5.50. The van der Waals surface area contributed by atoms with Crippen LogP contribution in [0.15, 0.2) is 0 Å². The first-order valence-corrected chi connectivity index (χ1v) is 6.79. The summed E-state index contributed by atoms with van der Waals surface area (Å²) in [4.78, 5) is 27.4. The van der Waals surface area contributed by atoms with Crippen molar-refractivity contribution in [2.24, 2.45) is 11.8 Å². The van der Waals surface area contributed by atoms with E-state index in [1.165, 1.54) is 0 Å². The van der Waals surface area contributed by atoms with E-state index in [4.69, 9.17) is 0 Å². The van der Waals surface area contributed by atoms with Crippen molar-refractivity contribution in [1.82, 2.24) is 15.1 Å². The predicted octanol–water partition coefficient (Wildman–Crippen LogP) is 0.344. The van der Waals surface area contributed by atoms with Crippen LogP contribution in [0.2, 0.25) is 0 Å². The third-order valence-corrected chi connectivity index (χ3v) is 4.11. The maximum absolute atomic E-state index is 12.3. The minimum Gasteiger partial charge on any atom is -0.345 e. The van der Waals surface area contributed by atoms with Crippen LogP contribution in [-0.2, 0) is 9.59 Å². The molecule has 2 heterocycles. The number of nitrogens with one attached hydrogen (secondary N) is 1. The third-order valence-electron chi connectivity index (χ3n) is 4.11. The molecule has 0 aromatic rings. The number of hydrogen-bond donors (Lipinski definition) is 1. The van der Waals surface area contributed by atoms with Gasteiger partial charge in [0.05, 0.1) is 5.92 Å². The minimum atomic E-state index is -0.108. The highest BCUT2D eigenvalue weighted by molar-refractivity contribution is 5.89. The molecule has 2 amide bonds. The quantitative estimate of drug-likeness (QED) is 0.815. The fraction of sp³-hybridized carbons (Fsp3) is 0.846. The highest BCUT2D eigenvalue weighted by atomic mass is 35.5. The van der Waals surface area contributed by atoms with Gasteiger partial charge in [0, 0.05) is 33.1 Å². The molecule has 6 heteroatoms. The molecule has 2 aliphatic rings. The maximum atomic E-state index is 12.3. The number of halogens is 1. The van der Waals surface area contributed by atoms with Crippen molar-refractivity contribution in [3.05, 3.63) is 0 Å². The van der Waals surface area contributed by atoms with Gasteiger partial charge in [-0.1, -0.05) is 0 Å². The minimum absolute atomic E-state index is 0. The average molecular weight is 290 g/mol. The van der Waals surface area contributed by atoms with E-state index in [1.54, 1.807) is 11.9 Å². The van der Waals surface area contributed by atoms with Gasteiger partial charge in [0.1, 0.15) is 0 Å². The Kier molecular flexibility index (Phi) is 6.07. The number of hydrogen-bond acceptors (Lipinski definition) is 3. The standard InChI is InChI=1S/C13H23N3O2.ClH/c1-14-8-10-3-5-16(6-4-10)13(18)11-7-12(17)15(2)9-11;/h10-11,14H,3-9H2,1-2H3;1H. The van der Waals surface area contributed by atoms with E-state index < -0.39 is 0 Å². The number of piperidine rings is 1. The highest BCUT2D eigenvalue weighted by Crippen LogP contribution is 2.22. The van der Waals surface area contributed by atoms with Crippen LogP contribution >= 0.6 is 12.4 Å². The van der Waals surface area contributed by atoms with Gasteiger partial charge < -0.3 is 15.1 Å². The van der Waals surface area contributed by atoms with E-state index in [0.717, 1.165) is 32.5 Å². The molecule has 2 aliphatic heterocycles. The Balaban J connectivity index is 0.00000180. The van der Waals surface area contributed by atoms with E-state index in [2.05, 4.69) is 5.32 Å². The summed E-state index contributed by atoms with van der Waals surface area (Å²) in [6.45, 7) is 3.32. The van der Waals surface area contributed by atoms with Crippen molar-refractivity contribution in [3.63, 3.8) is 0 Å². The molecule has 1 atom stereocenters. The van der Waals surface area contributed by atoms with Crippen LogP contribution in [-0.4, -0.2) is 61.9 Å². The molecule has 19 heavy (non-hydrogen) atoms. The summed E-state index contributed by atoms with van der Waals surface area (Å²) >= 11 is 0. The van der Waals surface area contributed by atoms with Gasteiger partial charge >= 0.3 is 0 Å². The molecule has 2 fully saturated rings. The van der Waals surface area contributed by atoms with Crippen molar-refractivity contribution in [1.29, 1.82) is 0 Å². The first-order chi connectivity index (χ1) is 8.61. The summed E-state index contributed by atoms with van der Waals surface area (Å²) < 4.78 is 0. The first-order valence-electron chi connectivity index (χ1n) is 6.79. The monoisotopic (exact) mass is 289 g/mol. The van der Waals surface area contributed by atoms with E-state index in [0.29, 0.717) is 18.9 Å².